The van der Waals surface area contributed by atoms with Crippen LogP contribution in [0.5, 0.6) is 0 Å². The fourth-order valence-corrected chi connectivity index (χ4v) is 5.50. The van der Waals surface area contributed by atoms with E-state index in [1.54, 1.807) is 14.0 Å². The lowest BCUT2D eigenvalue weighted by Gasteiger charge is -2.31. The average molecular weight is 538 g/mol. The van der Waals surface area contributed by atoms with Crippen molar-refractivity contribution in [3.63, 3.8) is 0 Å². The van der Waals surface area contributed by atoms with Gasteiger partial charge in [0.2, 0.25) is 5.91 Å². The standard InChI is InChI=1S/C30H43N5O4/c1-22(36)35-12-8-23(9-13-35)16-24-17-28(32-29(18-24)33(2)14-15-39-3)30(38)31-19-27(37)21-34-11-10-25-6-4-5-7-26(25)20-34/h4-7,17-18,23,27,37H,8-16,19-21H2,1-3H3,(H,31,38)/t27-/m0/s1. The van der Waals surface area contributed by atoms with Crippen LogP contribution in [0.3, 0.4) is 0 Å². The third-order valence-electron chi connectivity index (χ3n) is 7.89. The molecule has 9 nitrogen and oxygen atoms in total. The number of carbonyl (C=O) groups excluding carboxylic acids is 2. The van der Waals surface area contributed by atoms with Crippen molar-refractivity contribution in [1.82, 2.24) is 20.1 Å². The van der Waals surface area contributed by atoms with E-state index in [9.17, 15) is 14.7 Å². The van der Waals surface area contributed by atoms with Crippen LogP contribution in [0, 0.1) is 5.92 Å². The number of aliphatic hydroxyl groups is 1. The van der Waals surface area contributed by atoms with E-state index in [0.717, 1.165) is 63.2 Å². The normalized spacial score (nSPS) is 17.0. The number of aliphatic hydroxyl groups excluding tert-OH is 1. The van der Waals surface area contributed by atoms with Gasteiger partial charge in [-0.1, -0.05) is 24.3 Å². The Morgan fingerprint density at radius 2 is 1.92 bits per heavy atom. The predicted octanol–water partition coefficient (Wildman–Crippen LogP) is 2.11. The first-order valence-electron chi connectivity index (χ1n) is 14.0. The zero-order valence-electron chi connectivity index (χ0n) is 23.6. The molecule has 1 aromatic heterocycles. The second-order valence-electron chi connectivity index (χ2n) is 10.9. The minimum absolute atomic E-state index is 0.130. The second kappa shape index (κ2) is 13.9. The number of methoxy groups -OCH3 is 1. The highest BCUT2D eigenvalue weighted by Gasteiger charge is 2.23. The summed E-state index contributed by atoms with van der Waals surface area (Å²) in [6.07, 6.45) is 3.03. The lowest BCUT2D eigenvalue weighted by Crippen LogP contribution is -2.42. The molecule has 4 rings (SSSR count). The number of ether oxygens (including phenoxy) is 1. The van der Waals surface area contributed by atoms with Crippen molar-refractivity contribution in [2.24, 2.45) is 5.92 Å². The molecule has 2 aliphatic rings. The number of nitrogens with zero attached hydrogens (tertiary/aromatic N) is 4. The monoisotopic (exact) mass is 537 g/mol. The van der Waals surface area contributed by atoms with Crippen molar-refractivity contribution in [3.8, 4) is 0 Å². The van der Waals surface area contributed by atoms with Crippen LogP contribution in [0.25, 0.3) is 0 Å². The molecule has 2 aliphatic heterocycles. The highest BCUT2D eigenvalue weighted by Crippen LogP contribution is 2.24. The van der Waals surface area contributed by atoms with Crippen molar-refractivity contribution in [3.05, 3.63) is 58.8 Å². The smallest absolute Gasteiger partial charge is 0.270 e. The van der Waals surface area contributed by atoms with Gasteiger partial charge in [0.25, 0.3) is 5.91 Å². The van der Waals surface area contributed by atoms with Gasteiger partial charge in [0, 0.05) is 66.9 Å². The first-order chi connectivity index (χ1) is 18.8. The second-order valence-corrected chi connectivity index (χ2v) is 10.9. The van der Waals surface area contributed by atoms with Gasteiger partial charge >= 0.3 is 0 Å². The fourth-order valence-electron chi connectivity index (χ4n) is 5.50. The van der Waals surface area contributed by atoms with Crippen LogP contribution in [0.2, 0.25) is 0 Å². The van der Waals surface area contributed by atoms with Crippen molar-refractivity contribution in [2.45, 2.75) is 45.3 Å². The largest absolute Gasteiger partial charge is 0.390 e. The van der Waals surface area contributed by atoms with E-state index in [4.69, 9.17) is 4.74 Å². The van der Waals surface area contributed by atoms with E-state index in [-0.39, 0.29) is 18.4 Å². The number of carbonyl (C=O) groups is 2. The van der Waals surface area contributed by atoms with Gasteiger partial charge in [0.1, 0.15) is 11.5 Å². The number of rotatable bonds is 11. The van der Waals surface area contributed by atoms with E-state index in [1.165, 1.54) is 11.1 Å². The number of hydrogen-bond donors (Lipinski definition) is 2. The first-order valence-corrected chi connectivity index (χ1v) is 14.0. The lowest BCUT2D eigenvalue weighted by molar-refractivity contribution is -0.130. The molecule has 0 unspecified atom stereocenters. The topological polar surface area (TPSA) is 98.2 Å². The highest BCUT2D eigenvalue weighted by atomic mass is 16.5. The Morgan fingerprint density at radius 3 is 2.64 bits per heavy atom. The van der Waals surface area contributed by atoms with Crippen LogP contribution >= 0.6 is 0 Å². The molecule has 0 radical (unpaired) electrons. The number of hydrogen-bond acceptors (Lipinski definition) is 7. The zero-order valence-corrected chi connectivity index (χ0v) is 23.6. The minimum atomic E-state index is -0.669. The molecule has 1 aromatic carbocycles. The molecule has 1 fully saturated rings. The zero-order chi connectivity index (χ0) is 27.8. The number of anilines is 1. The summed E-state index contributed by atoms with van der Waals surface area (Å²) in [7, 11) is 3.61. The number of benzene rings is 1. The number of likely N-dealkylation sites (N-methyl/N-ethyl adjacent to an activating group) is 1. The fraction of sp³-hybridized carbons (Fsp3) is 0.567. The molecular formula is C30H43N5O4. The number of β-amino-alcohol motifs (C(OH)–C–C–N with tert-alkyl or cyclic N) is 1. The molecule has 0 aliphatic carbocycles. The summed E-state index contributed by atoms with van der Waals surface area (Å²) in [6, 6.07) is 12.3. The SMILES string of the molecule is COCCN(C)c1cc(CC2CCN(C(C)=O)CC2)cc(C(=O)NC[C@H](O)CN2CCc3ccccc3C2)n1. The summed E-state index contributed by atoms with van der Waals surface area (Å²) in [5.74, 6) is 1.02. The summed E-state index contributed by atoms with van der Waals surface area (Å²) in [4.78, 5) is 35.6. The van der Waals surface area contributed by atoms with Crippen molar-refractivity contribution >= 4 is 17.6 Å². The Bertz CT molecular complexity index is 1120. The average Bonchev–Trinajstić information content (AvgIpc) is 2.94. The van der Waals surface area contributed by atoms with Gasteiger partial charge in [0.15, 0.2) is 0 Å². The van der Waals surface area contributed by atoms with Gasteiger partial charge in [-0.15, -0.1) is 0 Å². The number of aromatic nitrogens is 1. The van der Waals surface area contributed by atoms with E-state index < -0.39 is 6.10 Å². The molecule has 0 saturated carbocycles. The van der Waals surface area contributed by atoms with Gasteiger partial charge in [-0.2, -0.15) is 0 Å². The summed E-state index contributed by atoms with van der Waals surface area (Å²) >= 11 is 0. The summed E-state index contributed by atoms with van der Waals surface area (Å²) in [5.41, 5.74) is 4.09. The van der Waals surface area contributed by atoms with Crippen molar-refractivity contribution in [2.75, 3.05) is 64.9 Å². The van der Waals surface area contributed by atoms with E-state index >= 15 is 0 Å². The number of likely N-dealkylation sites (tertiary alicyclic amines) is 1. The molecule has 0 bridgehead atoms. The molecule has 0 spiro atoms. The van der Waals surface area contributed by atoms with Gasteiger partial charge in [-0.3, -0.25) is 14.5 Å². The van der Waals surface area contributed by atoms with Gasteiger partial charge < -0.3 is 25.0 Å². The molecule has 2 aromatic rings. The predicted molar refractivity (Wildman–Crippen MR) is 152 cm³/mol. The highest BCUT2D eigenvalue weighted by molar-refractivity contribution is 5.92. The number of fused-ring (bicyclic) bond motifs is 1. The molecule has 39 heavy (non-hydrogen) atoms. The maximum absolute atomic E-state index is 13.2. The summed E-state index contributed by atoms with van der Waals surface area (Å²) in [6.45, 7) is 6.77. The number of piperidine rings is 1. The van der Waals surface area contributed by atoms with Crippen molar-refractivity contribution in [1.29, 1.82) is 0 Å². The molecular weight excluding hydrogens is 494 g/mol. The summed E-state index contributed by atoms with van der Waals surface area (Å²) in [5, 5.41) is 13.6. The molecule has 1 saturated heterocycles. The van der Waals surface area contributed by atoms with Crippen LogP contribution < -0.4 is 10.2 Å². The molecule has 9 heteroatoms. The molecule has 2 amide bonds. The van der Waals surface area contributed by atoms with Gasteiger partial charge in [0.05, 0.1) is 12.7 Å². The van der Waals surface area contributed by atoms with Gasteiger partial charge in [-0.25, -0.2) is 4.98 Å². The van der Waals surface area contributed by atoms with Crippen molar-refractivity contribution < 1.29 is 19.4 Å². The lowest BCUT2D eigenvalue weighted by atomic mass is 9.90. The third-order valence-corrected chi connectivity index (χ3v) is 7.89. The number of pyridine rings is 1. The van der Waals surface area contributed by atoms with E-state index in [1.807, 2.05) is 29.0 Å². The molecule has 1 atom stereocenters. The quantitative estimate of drug-likeness (QED) is 0.453. The number of amides is 2. The molecule has 2 N–H and O–H groups in total. The van der Waals surface area contributed by atoms with E-state index in [0.29, 0.717) is 31.3 Å². The van der Waals surface area contributed by atoms with Crippen LogP contribution in [0.1, 0.15) is 46.9 Å². The summed E-state index contributed by atoms with van der Waals surface area (Å²) < 4.78 is 5.23. The van der Waals surface area contributed by atoms with Crippen LogP contribution in [0.15, 0.2) is 36.4 Å². The van der Waals surface area contributed by atoms with Crippen LogP contribution in [0.4, 0.5) is 5.82 Å². The Morgan fingerprint density at radius 1 is 1.18 bits per heavy atom. The van der Waals surface area contributed by atoms with Crippen LogP contribution in [-0.4, -0.2) is 97.8 Å². The third kappa shape index (κ3) is 8.24. The van der Waals surface area contributed by atoms with Gasteiger partial charge in [-0.05, 0) is 60.4 Å². The maximum atomic E-state index is 13.2. The maximum Gasteiger partial charge on any atom is 0.270 e. The Labute approximate surface area is 232 Å². The number of nitrogens with one attached hydrogen (secondary N) is 1. The van der Waals surface area contributed by atoms with Crippen LogP contribution in [-0.2, 0) is 28.9 Å². The molecule has 3 heterocycles. The minimum Gasteiger partial charge on any atom is -0.390 e. The molecule has 212 valence electrons. The Kier molecular flexibility index (Phi) is 10.3. The first kappa shape index (κ1) is 29.0. The van der Waals surface area contributed by atoms with E-state index in [2.05, 4.69) is 39.5 Å². The Balaban J connectivity index is 1.37. The Hall–Kier alpha value is -3.01.